The van der Waals surface area contributed by atoms with Crippen LogP contribution in [-0.4, -0.2) is 24.5 Å². The second kappa shape index (κ2) is 5.12. The van der Waals surface area contributed by atoms with Gasteiger partial charge in [-0.1, -0.05) is 6.07 Å². The Morgan fingerprint density at radius 3 is 2.57 bits per heavy atom. The van der Waals surface area contributed by atoms with E-state index < -0.39 is 11.2 Å². The Morgan fingerprint density at radius 2 is 2.07 bits per heavy atom. The van der Waals surface area contributed by atoms with E-state index in [1.807, 2.05) is 0 Å². The predicted octanol–water partition coefficient (Wildman–Crippen LogP) is 1.65. The summed E-state index contributed by atoms with van der Waals surface area (Å²) in [6, 6.07) is 5.30. The van der Waals surface area contributed by atoms with Crippen LogP contribution in [0.5, 0.6) is 11.5 Å². The molecule has 0 fully saturated rings. The smallest absolute Gasteiger partial charge is 0.216 e. The maximum absolute atomic E-state index is 11.6. The molecule has 0 amide bonds. The molecule has 0 aromatic heterocycles. The van der Waals surface area contributed by atoms with Crippen molar-refractivity contribution in [1.82, 2.24) is 0 Å². The fourth-order valence-corrected chi connectivity index (χ4v) is 1.99. The lowest BCUT2D eigenvalue weighted by Crippen LogP contribution is -2.06. The zero-order chi connectivity index (χ0) is 10.6. The van der Waals surface area contributed by atoms with Gasteiger partial charge in [-0.2, -0.15) is 0 Å². The van der Waals surface area contributed by atoms with Crippen LogP contribution in [-0.2, 0) is 11.2 Å². The summed E-state index contributed by atoms with van der Waals surface area (Å²) in [5, 5.41) is 0. The molecule has 0 aliphatic rings. The van der Waals surface area contributed by atoms with Gasteiger partial charge in [-0.25, -0.2) is 0 Å². The van der Waals surface area contributed by atoms with E-state index in [1.54, 1.807) is 25.3 Å². The molecule has 0 bridgehead atoms. The summed E-state index contributed by atoms with van der Waals surface area (Å²) in [6.45, 7) is 3.60. The fourth-order valence-electron chi connectivity index (χ4n) is 1.15. The molecule has 1 atom stereocenters. The van der Waals surface area contributed by atoms with Gasteiger partial charge in [0.2, 0.25) is 5.75 Å². The van der Waals surface area contributed by atoms with Gasteiger partial charge >= 0.3 is 0 Å². The first-order chi connectivity index (χ1) is 6.74. The summed E-state index contributed by atoms with van der Waals surface area (Å²) < 4.78 is 21.8. The van der Waals surface area contributed by atoms with Gasteiger partial charge in [-0.05, 0) is 30.2 Å². The summed E-state index contributed by atoms with van der Waals surface area (Å²) in [5.74, 6) is 1.44. The molecule has 14 heavy (non-hydrogen) atoms. The van der Waals surface area contributed by atoms with E-state index in [4.69, 9.17) is 9.47 Å². The van der Waals surface area contributed by atoms with Crippen molar-refractivity contribution < 1.29 is 14.0 Å². The molecular formula is C10H13O3S. The van der Waals surface area contributed by atoms with E-state index in [0.29, 0.717) is 22.1 Å². The molecule has 1 rings (SSSR count). The number of hydrogen-bond acceptors (Lipinski definition) is 3. The summed E-state index contributed by atoms with van der Waals surface area (Å²) in [6.07, 6.45) is 0. The van der Waals surface area contributed by atoms with Crippen molar-refractivity contribution in [3.05, 3.63) is 25.1 Å². The third-order valence-electron chi connectivity index (χ3n) is 1.80. The molecule has 1 aromatic carbocycles. The van der Waals surface area contributed by atoms with Crippen molar-refractivity contribution >= 4 is 11.2 Å². The molecule has 0 heterocycles. The Bertz CT molecular complexity index is 301. The standard InChI is InChI=1S/C10H13O3S/c1-4-14(11)9-7-5-6-8(12-2)10(9)13-3/h5-7H,1,4H2,2-3H3. The lowest BCUT2D eigenvalue weighted by molar-refractivity contribution is 0.347. The van der Waals surface area contributed by atoms with Crippen LogP contribution in [0.3, 0.4) is 0 Å². The highest BCUT2D eigenvalue weighted by molar-refractivity contribution is 7.91. The Balaban J connectivity index is 3.14. The van der Waals surface area contributed by atoms with Crippen molar-refractivity contribution in [1.29, 1.82) is 0 Å². The van der Waals surface area contributed by atoms with E-state index in [1.165, 1.54) is 7.11 Å². The van der Waals surface area contributed by atoms with E-state index in [-0.39, 0.29) is 0 Å². The first kappa shape index (κ1) is 11.2. The molecule has 0 saturated heterocycles. The summed E-state index contributed by atoms with van der Waals surface area (Å²) in [7, 11) is 3.08. The van der Waals surface area contributed by atoms with E-state index in [2.05, 4.69) is 6.92 Å². The first-order valence-corrected chi connectivity index (χ1v) is 5.45. The molecule has 4 heteroatoms. The number of methoxy groups -OCH3 is 2. The van der Waals surface area contributed by atoms with Crippen LogP contribution < -0.4 is 9.47 Å². The number of hydrogen-bond donors (Lipinski definition) is 0. The first-order valence-electron chi connectivity index (χ1n) is 4.13. The molecule has 0 saturated carbocycles. The quantitative estimate of drug-likeness (QED) is 0.714. The Morgan fingerprint density at radius 1 is 1.36 bits per heavy atom. The van der Waals surface area contributed by atoms with Gasteiger partial charge in [0.1, 0.15) is 5.75 Å². The average molecular weight is 213 g/mol. The van der Waals surface area contributed by atoms with Crippen molar-refractivity contribution in [2.24, 2.45) is 0 Å². The summed E-state index contributed by atoms with van der Waals surface area (Å²) in [5.41, 5.74) is 0. The maximum Gasteiger partial charge on any atom is 0.216 e. The number of benzene rings is 1. The van der Waals surface area contributed by atoms with E-state index in [0.717, 1.165) is 0 Å². The number of rotatable bonds is 4. The number of para-hydroxylation sites is 1. The van der Waals surface area contributed by atoms with Gasteiger partial charge in [0.15, 0.2) is 10.6 Å². The monoisotopic (exact) mass is 213 g/mol. The Hall–Kier alpha value is -0.870. The minimum atomic E-state index is -1.13. The molecular weight excluding hydrogens is 200 g/mol. The van der Waals surface area contributed by atoms with Gasteiger partial charge in [0, 0.05) is 0 Å². The second-order valence-corrected chi connectivity index (χ2v) is 4.08. The van der Waals surface area contributed by atoms with Gasteiger partial charge < -0.3 is 14.0 Å². The van der Waals surface area contributed by atoms with Crippen molar-refractivity contribution in [3.63, 3.8) is 0 Å². The molecule has 0 spiro atoms. The minimum absolute atomic E-state index is 0.323. The topological polar surface area (TPSA) is 41.5 Å². The second-order valence-electron chi connectivity index (χ2n) is 2.54. The molecule has 0 aliphatic carbocycles. The normalized spacial score (nSPS) is 12.3. The zero-order valence-corrected chi connectivity index (χ0v) is 9.10. The van der Waals surface area contributed by atoms with Crippen LogP contribution in [0.2, 0.25) is 0 Å². The SMILES string of the molecule is [CH2]C[S+]([O-])c1cccc(OC)c1OC. The van der Waals surface area contributed by atoms with Crippen LogP contribution in [0.15, 0.2) is 23.1 Å². The van der Waals surface area contributed by atoms with Gasteiger partial charge in [0.25, 0.3) is 0 Å². The molecule has 1 aromatic rings. The molecule has 0 aliphatic heterocycles. The fraction of sp³-hybridized carbons (Fsp3) is 0.300. The van der Waals surface area contributed by atoms with Crippen molar-refractivity contribution in [3.8, 4) is 11.5 Å². The molecule has 1 radical (unpaired) electrons. The van der Waals surface area contributed by atoms with Gasteiger partial charge in [-0.3, -0.25) is 0 Å². The van der Waals surface area contributed by atoms with Crippen LogP contribution in [0.25, 0.3) is 0 Å². The highest BCUT2D eigenvalue weighted by Crippen LogP contribution is 2.34. The average Bonchev–Trinajstić information content (AvgIpc) is 2.26. The third kappa shape index (κ3) is 2.13. The lowest BCUT2D eigenvalue weighted by Gasteiger charge is -2.13. The van der Waals surface area contributed by atoms with Crippen LogP contribution >= 0.6 is 0 Å². The predicted molar refractivity (Wildman–Crippen MR) is 56.2 cm³/mol. The Kier molecular flexibility index (Phi) is 4.10. The van der Waals surface area contributed by atoms with Crippen molar-refractivity contribution in [2.45, 2.75) is 4.90 Å². The summed E-state index contributed by atoms with van der Waals surface area (Å²) >= 11 is -1.13. The highest BCUT2D eigenvalue weighted by Gasteiger charge is 2.18. The van der Waals surface area contributed by atoms with Gasteiger partial charge in [-0.15, -0.1) is 0 Å². The van der Waals surface area contributed by atoms with Crippen LogP contribution in [0.4, 0.5) is 0 Å². The van der Waals surface area contributed by atoms with Crippen molar-refractivity contribution in [2.75, 3.05) is 20.0 Å². The van der Waals surface area contributed by atoms with Gasteiger partial charge in [0.05, 0.1) is 14.2 Å². The Labute approximate surface area is 87.2 Å². The molecule has 0 N–H and O–H groups in total. The highest BCUT2D eigenvalue weighted by atomic mass is 32.2. The zero-order valence-electron chi connectivity index (χ0n) is 8.28. The maximum atomic E-state index is 11.6. The van der Waals surface area contributed by atoms with E-state index in [9.17, 15) is 4.55 Å². The third-order valence-corrected chi connectivity index (χ3v) is 2.98. The molecule has 3 nitrogen and oxygen atoms in total. The largest absolute Gasteiger partial charge is 0.611 e. The lowest BCUT2D eigenvalue weighted by atomic mass is 10.3. The summed E-state index contributed by atoms with van der Waals surface area (Å²) in [4.78, 5) is 0.627. The van der Waals surface area contributed by atoms with E-state index >= 15 is 0 Å². The molecule has 77 valence electrons. The minimum Gasteiger partial charge on any atom is -0.611 e. The molecule has 1 unspecified atom stereocenters. The number of ether oxygens (including phenoxy) is 2. The van der Waals surface area contributed by atoms with Crippen LogP contribution in [0.1, 0.15) is 0 Å². The van der Waals surface area contributed by atoms with Crippen LogP contribution in [0, 0.1) is 6.92 Å².